The molecule has 1 unspecified atom stereocenters. The highest BCUT2D eigenvalue weighted by Crippen LogP contribution is 2.12. The Bertz CT molecular complexity index is 2000. The number of hydrogen-bond acceptors (Lipinski definition) is 18. The average Bonchev–Trinajstić information content (AvgIpc) is 3.39. The first-order valence-electron chi connectivity index (χ1n) is 28.0. The molecule has 1 aliphatic heterocycles. The normalized spacial score (nSPS) is 22.9. The van der Waals surface area contributed by atoms with Crippen molar-refractivity contribution in [3.8, 4) is 0 Å². The lowest BCUT2D eigenvalue weighted by molar-refractivity contribution is -0.137. The Labute approximate surface area is 469 Å². The molecule has 11 atom stereocenters. The van der Waals surface area contributed by atoms with E-state index in [4.69, 9.17) is 28.7 Å². The monoisotopic (exact) mass is 1140 g/mol. The number of nitrogens with one attached hydrogen (secondary N) is 11. The van der Waals surface area contributed by atoms with Gasteiger partial charge in [0.1, 0.15) is 60.4 Å². The van der Waals surface area contributed by atoms with Gasteiger partial charge in [0.25, 0.3) is 0 Å². The van der Waals surface area contributed by atoms with Gasteiger partial charge in [0, 0.05) is 13.0 Å². The Morgan fingerprint density at radius 1 is 0.525 bits per heavy atom. The Balaban J connectivity index is 3.78. The summed E-state index contributed by atoms with van der Waals surface area (Å²) in [4.78, 5) is 152. The molecule has 0 radical (unpaired) electrons. The van der Waals surface area contributed by atoms with Crippen LogP contribution in [-0.2, 0) is 52.7 Å². The van der Waals surface area contributed by atoms with Crippen LogP contribution in [0.25, 0.3) is 0 Å². The molecule has 0 spiro atoms. The third-order valence-corrected chi connectivity index (χ3v) is 12.9. The minimum Gasteiger partial charge on any atom is -0.394 e. The largest absolute Gasteiger partial charge is 0.394 e. The maximum absolute atomic E-state index is 14.4. The molecule has 1 saturated heterocycles. The first kappa shape index (κ1) is 71.9. The minimum absolute atomic E-state index is 0.00915. The van der Waals surface area contributed by atoms with Crippen LogP contribution in [0.5, 0.6) is 0 Å². The molecule has 23 N–H and O–H groups in total. The molecule has 0 bridgehead atoms. The molecule has 1 aliphatic rings. The average molecular weight is 1140 g/mol. The molecule has 1 heterocycles. The highest BCUT2D eigenvalue weighted by Gasteiger charge is 2.37. The summed E-state index contributed by atoms with van der Waals surface area (Å²) in [6.07, 6.45) is 1.91. The van der Waals surface area contributed by atoms with E-state index in [0.29, 0.717) is 6.42 Å². The van der Waals surface area contributed by atoms with Gasteiger partial charge in [0.2, 0.25) is 65.0 Å². The van der Waals surface area contributed by atoms with Gasteiger partial charge >= 0.3 is 0 Å². The van der Waals surface area contributed by atoms with E-state index in [0.717, 1.165) is 25.7 Å². The van der Waals surface area contributed by atoms with Crippen LogP contribution in [0.3, 0.4) is 0 Å². The van der Waals surface area contributed by atoms with Gasteiger partial charge in [-0.25, -0.2) is 0 Å². The SMILES string of the molecule is CCCCCCCC(=O)N[C@@H](CCN)C(=O)N[C@H](C(=O)N[C@@H](CCN)C(=O)N[C@H]1CCNC(=O)[C@H](CO)NC(=O)C(CCN)NC(=O)[C@H](CCN)NC(=O)[C@H](CC(C)C)NC(=O)[C@@H](CC(C)C)NC(=O)[C@H](CCN)NC1=O)[C@@H](C)O. The number of hydrogen-bond donors (Lipinski definition) is 18. The van der Waals surface area contributed by atoms with E-state index in [1.807, 2.05) is 0 Å². The van der Waals surface area contributed by atoms with Crippen LogP contribution in [0.15, 0.2) is 0 Å². The zero-order valence-corrected chi connectivity index (χ0v) is 47.6. The Hall–Kier alpha value is -6.11. The smallest absolute Gasteiger partial charge is 0.245 e. The Kier molecular flexibility index (Phi) is 35.3. The van der Waals surface area contributed by atoms with Crippen LogP contribution >= 0.6 is 0 Å². The van der Waals surface area contributed by atoms with Gasteiger partial charge in [-0.3, -0.25) is 52.7 Å². The summed E-state index contributed by atoms with van der Waals surface area (Å²) >= 11 is 0. The van der Waals surface area contributed by atoms with Crippen molar-refractivity contribution in [3.63, 3.8) is 0 Å². The van der Waals surface area contributed by atoms with Crippen molar-refractivity contribution in [1.82, 2.24) is 58.5 Å². The second-order valence-corrected chi connectivity index (χ2v) is 20.9. The predicted octanol–water partition coefficient (Wildman–Crippen LogP) is -6.08. The van der Waals surface area contributed by atoms with Gasteiger partial charge in [0.15, 0.2) is 0 Å². The molecule has 0 aliphatic carbocycles. The molecule has 1 rings (SSSR count). The summed E-state index contributed by atoms with van der Waals surface area (Å²) in [5.74, 6) is -9.96. The first-order chi connectivity index (χ1) is 37.9. The van der Waals surface area contributed by atoms with Gasteiger partial charge in [-0.2, -0.15) is 0 Å². The summed E-state index contributed by atoms with van der Waals surface area (Å²) in [6, 6.07) is -14.4. The zero-order chi connectivity index (χ0) is 60.5. The lowest BCUT2D eigenvalue weighted by Crippen LogP contribution is -2.62. The third kappa shape index (κ3) is 26.9. The second-order valence-electron chi connectivity index (χ2n) is 20.9. The van der Waals surface area contributed by atoms with E-state index in [1.165, 1.54) is 6.92 Å². The van der Waals surface area contributed by atoms with Gasteiger partial charge in [-0.05, 0) is 109 Å². The van der Waals surface area contributed by atoms with Crippen LogP contribution in [0.4, 0.5) is 0 Å². The predicted molar refractivity (Wildman–Crippen MR) is 296 cm³/mol. The Morgan fingerprint density at radius 3 is 1.38 bits per heavy atom. The summed E-state index contributed by atoms with van der Waals surface area (Å²) in [5.41, 5.74) is 29.1. The van der Waals surface area contributed by atoms with Crippen molar-refractivity contribution in [2.24, 2.45) is 40.5 Å². The maximum Gasteiger partial charge on any atom is 0.245 e. The molecule has 11 amide bonds. The fourth-order valence-electron chi connectivity index (χ4n) is 8.49. The molecule has 0 aromatic rings. The van der Waals surface area contributed by atoms with Crippen molar-refractivity contribution in [2.45, 2.75) is 198 Å². The van der Waals surface area contributed by atoms with Gasteiger partial charge in [-0.15, -0.1) is 0 Å². The first-order valence-corrected chi connectivity index (χ1v) is 28.0. The zero-order valence-electron chi connectivity index (χ0n) is 47.6. The molecule has 80 heavy (non-hydrogen) atoms. The number of carbonyl (C=O) groups is 11. The molecule has 0 aromatic heterocycles. The number of rotatable bonds is 29. The number of amides is 11. The molecular formula is C51H96N16O13. The molecule has 0 aromatic carbocycles. The van der Waals surface area contributed by atoms with E-state index < -0.39 is 151 Å². The van der Waals surface area contributed by atoms with Crippen LogP contribution in [-0.4, -0.2) is 188 Å². The van der Waals surface area contributed by atoms with Crippen molar-refractivity contribution in [2.75, 3.05) is 45.9 Å². The highest BCUT2D eigenvalue weighted by atomic mass is 16.3. The standard InChI is InChI=1S/C51H96N16O13/c1-7-8-9-10-11-12-40(70)58-31(13-19-52)48(77)67-41(30(6)69)51(80)63-35(17-23-56)44(73)62-36-18-24-57-42(71)39(27-68)66-46(75)34(16-22-55)59-43(72)32(14-20-53)61-49(78)37(25-28(2)3)65-50(79)38(26-29(4)5)64-45(74)33(15-21-54)60-47(36)76/h28-39,41,68-69H,7-27,52-56H2,1-6H3,(H,57,71)(H,58,70)(H,59,72)(H,60,76)(H,61,78)(H,62,73)(H,63,80)(H,64,74)(H,65,79)(H,66,75)(H,67,77)/t30-,31+,32+,33+,34?,35+,36+,37+,38-,39+,41+/m1/s1. The van der Waals surface area contributed by atoms with Crippen molar-refractivity contribution in [1.29, 1.82) is 0 Å². The number of unbranched alkanes of at least 4 members (excludes halogenated alkanes) is 4. The molecule has 1 fully saturated rings. The molecule has 458 valence electrons. The quantitative estimate of drug-likeness (QED) is 0.0310. The van der Waals surface area contributed by atoms with Crippen molar-refractivity contribution >= 4 is 65.0 Å². The van der Waals surface area contributed by atoms with Gasteiger partial charge in [0.05, 0.1) is 12.7 Å². The fraction of sp³-hybridized carbons (Fsp3) is 0.784. The van der Waals surface area contributed by atoms with E-state index in [-0.39, 0.29) is 95.9 Å². The van der Waals surface area contributed by atoms with Gasteiger partial charge < -0.3 is 97.4 Å². The molecule has 29 nitrogen and oxygen atoms in total. The van der Waals surface area contributed by atoms with E-state index in [1.54, 1.807) is 27.7 Å². The summed E-state index contributed by atoms with van der Waals surface area (Å²) < 4.78 is 0. The number of aliphatic hydroxyl groups is 2. The third-order valence-electron chi connectivity index (χ3n) is 12.9. The van der Waals surface area contributed by atoms with Crippen LogP contribution in [0, 0.1) is 11.8 Å². The fourth-order valence-corrected chi connectivity index (χ4v) is 8.49. The maximum atomic E-state index is 14.4. The van der Waals surface area contributed by atoms with Crippen molar-refractivity contribution in [3.05, 3.63) is 0 Å². The topological polar surface area (TPSA) is 491 Å². The Morgan fingerprint density at radius 2 is 0.950 bits per heavy atom. The second kappa shape index (κ2) is 39.3. The van der Waals surface area contributed by atoms with Crippen LogP contribution in [0.1, 0.15) is 131 Å². The van der Waals surface area contributed by atoms with E-state index >= 15 is 0 Å². The highest BCUT2D eigenvalue weighted by molar-refractivity contribution is 5.99. The minimum atomic E-state index is -1.69. The number of aliphatic hydroxyl groups excluding tert-OH is 2. The van der Waals surface area contributed by atoms with Crippen LogP contribution < -0.4 is 87.2 Å². The van der Waals surface area contributed by atoms with E-state index in [9.17, 15) is 63.0 Å². The molecule has 0 saturated carbocycles. The van der Waals surface area contributed by atoms with Gasteiger partial charge in [-0.1, -0.05) is 60.3 Å². The van der Waals surface area contributed by atoms with Crippen molar-refractivity contribution < 1.29 is 63.0 Å². The number of carbonyl (C=O) groups excluding carboxylic acids is 11. The molecular weight excluding hydrogens is 1040 g/mol. The summed E-state index contributed by atoms with van der Waals surface area (Å²) in [7, 11) is 0. The molecule has 29 heteroatoms. The number of nitrogens with two attached hydrogens (primary N) is 5. The summed E-state index contributed by atoms with van der Waals surface area (Å²) in [6.45, 7) is 8.37. The van der Waals surface area contributed by atoms with E-state index in [2.05, 4.69) is 65.4 Å². The lowest BCUT2D eigenvalue weighted by Gasteiger charge is -2.29. The van der Waals surface area contributed by atoms with Crippen LogP contribution in [0.2, 0.25) is 0 Å². The lowest BCUT2D eigenvalue weighted by atomic mass is 9.99. The summed E-state index contributed by atoms with van der Waals surface area (Å²) in [5, 5.41) is 48.8.